The fourth-order valence-electron chi connectivity index (χ4n) is 2.07. The molecule has 9 heteroatoms. The molecule has 114 valence electrons. The molecule has 2 heterocycles. The summed E-state index contributed by atoms with van der Waals surface area (Å²) in [5.74, 6) is 0.209. The predicted octanol–water partition coefficient (Wildman–Crippen LogP) is -0.808. The number of hydrogen-bond donors (Lipinski definition) is 2. The van der Waals surface area contributed by atoms with Crippen molar-refractivity contribution in [2.75, 3.05) is 39.3 Å². The second-order valence-electron chi connectivity index (χ2n) is 4.57. The van der Waals surface area contributed by atoms with E-state index in [9.17, 15) is 9.59 Å². The normalized spacial score (nSPS) is 23.6. The molecule has 0 radical (unpaired) electrons. The van der Waals surface area contributed by atoms with Gasteiger partial charge in [0.1, 0.15) is 0 Å². The summed E-state index contributed by atoms with van der Waals surface area (Å²) in [4.78, 5) is 29.9. The number of urea groups is 1. The fraction of sp³-hybridized carbons (Fsp3) is 0.727. The van der Waals surface area contributed by atoms with Crippen LogP contribution in [-0.2, 0) is 9.53 Å². The highest BCUT2D eigenvalue weighted by Crippen LogP contribution is 2.04. The number of carbonyl (C=O) groups is 2. The van der Waals surface area contributed by atoms with E-state index in [1.165, 1.54) is 0 Å². The molecule has 0 saturated carbocycles. The van der Waals surface area contributed by atoms with Gasteiger partial charge in [0.15, 0.2) is 5.96 Å². The van der Waals surface area contributed by atoms with E-state index in [0.717, 1.165) is 4.90 Å². The molecule has 3 N–H and O–H groups in total. The minimum atomic E-state index is -0.362. The van der Waals surface area contributed by atoms with Crippen LogP contribution in [0.15, 0.2) is 4.99 Å². The molecule has 8 nitrogen and oxygen atoms in total. The molecule has 2 aliphatic rings. The molecular weight excluding hydrogens is 377 g/mol. The third-order valence-corrected chi connectivity index (χ3v) is 3.10. The number of morpholine rings is 1. The summed E-state index contributed by atoms with van der Waals surface area (Å²) in [6, 6.07) is -0.362. The molecule has 0 aromatic heterocycles. The Morgan fingerprint density at radius 2 is 2.30 bits per heavy atom. The largest absolute Gasteiger partial charge is 0.375 e. The first-order valence-electron chi connectivity index (χ1n) is 6.32. The molecule has 2 aliphatic heterocycles. The minimum Gasteiger partial charge on any atom is -0.375 e. The average molecular weight is 397 g/mol. The molecule has 2 fully saturated rings. The lowest BCUT2D eigenvalue weighted by Crippen LogP contribution is -2.48. The summed E-state index contributed by atoms with van der Waals surface area (Å²) in [6.07, 6.45) is 0.133. The molecule has 20 heavy (non-hydrogen) atoms. The first-order chi connectivity index (χ1) is 9.08. The van der Waals surface area contributed by atoms with Gasteiger partial charge in [0.2, 0.25) is 5.91 Å². The zero-order chi connectivity index (χ0) is 13.8. The van der Waals surface area contributed by atoms with Gasteiger partial charge >= 0.3 is 6.03 Å². The Kier molecular flexibility index (Phi) is 6.46. The van der Waals surface area contributed by atoms with Crippen molar-refractivity contribution in [2.24, 2.45) is 10.7 Å². The highest BCUT2D eigenvalue weighted by Gasteiger charge is 2.27. The van der Waals surface area contributed by atoms with Crippen molar-refractivity contribution in [3.05, 3.63) is 0 Å². The predicted molar refractivity (Wildman–Crippen MR) is 84.0 cm³/mol. The van der Waals surface area contributed by atoms with Crippen LogP contribution in [0, 0.1) is 0 Å². The third-order valence-electron chi connectivity index (χ3n) is 3.10. The van der Waals surface area contributed by atoms with Crippen LogP contribution in [0.25, 0.3) is 0 Å². The highest BCUT2D eigenvalue weighted by molar-refractivity contribution is 14.0. The molecule has 0 aromatic carbocycles. The molecule has 0 aromatic rings. The number of imide groups is 1. The Hall–Kier alpha value is -1.10. The molecule has 2 saturated heterocycles. The van der Waals surface area contributed by atoms with E-state index in [1.807, 2.05) is 11.8 Å². The number of nitrogens with two attached hydrogens (primary N) is 1. The van der Waals surface area contributed by atoms with Crippen LogP contribution in [0.3, 0.4) is 0 Å². The maximum Gasteiger partial charge on any atom is 0.324 e. The smallest absolute Gasteiger partial charge is 0.324 e. The van der Waals surface area contributed by atoms with E-state index >= 15 is 0 Å². The van der Waals surface area contributed by atoms with Gasteiger partial charge < -0.3 is 20.7 Å². The van der Waals surface area contributed by atoms with Crippen LogP contribution < -0.4 is 11.1 Å². The lowest BCUT2D eigenvalue weighted by atomic mass is 10.3. The second kappa shape index (κ2) is 7.62. The SMILES string of the molecule is CC1CN(C(N)=NCCN2C(=O)CNC2=O)CCO1.I. The van der Waals surface area contributed by atoms with E-state index < -0.39 is 0 Å². The summed E-state index contributed by atoms with van der Waals surface area (Å²) < 4.78 is 5.41. The van der Waals surface area contributed by atoms with Gasteiger partial charge in [-0.2, -0.15) is 0 Å². The van der Waals surface area contributed by atoms with Crippen molar-refractivity contribution in [1.29, 1.82) is 0 Å². The number of nitrogens with zero attached hydrogens (tertiary/aromatic N) is 3. The van der Waals surface area contributed by atoms with Gasteiger partial charge in [-0.05, 0) is 6.92 Å². The van der Waals surface area contributed by atoms with Crippen molar-refractivity contribution >= 4 is 41.9 Å². The van der Waals surface area contributed by atoms with Crippen LogP contribution in [0.2, 0.25) is 0 Å². The van der Waals surface area contributed by atoms with Crippen molar-refractivity contribution in [1.82, 2.24) is 15.1 Å². The monoisotopic (exact) mass is 397 g/mol. The minimum absolute atomic E-state index is 0. The number of amides is 3. The van der Waals surface area contributed by atoms with Gasteiger partial charge in [-0.15, -0.1) is 24.0 Å². The number of aliphatic imine (C=N–C) groups is 1. The third kappa shape index (κ3) is 4.20. The van der Waals surface area contributed by atoms with Crippen molar-refractivity contribution in [3.63, 3.8) is 0 Å². The van der Waals surface area contributed by atoms with Crippen LogP contribution in [0.4, 0.5) is 4.79 Å². The van der Waals surface area contributed by atoms with Crippen molar-refractivity contribution < 1.29 is 14.3 Å². The number of hydrogen-bond acceptors (Lipinski definition) is 4. The molecule has 1 unspecified atom stereocenters. The van der Waals surface area contributed by atoms with Crippen molar-refractivity contribution in [2.45, 2.75) is 13.0 Å². The Labute approximate surface area is 134 Å². The molecule has 0 bridgehead atoms. The summed E-state index contributed by atoms with van der Waals surface area (Å²) in [6.45, 7) is 4.67. The van der Waals surface area contributed by atoms with E-state index in [0.29, 0.717) is 32.2 Å². The molecular formula is C11H20IN5O3. The van der Waals surface area contributed by atoms with Crippen LogP contribution in [-0.4, -0.2) is 73.1 Å². The Morgan fingerprint density at radius 1 is 1.55 bits per heavy atom. The molecule has 0 spiro atoms. The first-order valence-corrected chi connectivity index (χ1v) is 6.32. The van der Waals surface area contributed by atoms with Gasteiger partial charge in [-0.1, -0.05) is 0 Å². The van der Waals surface area contributed by atoms with Crippen molar-refractivity contribution in [3.8, 4) is 0 Å². The lowest BCUT2D eigenvalue weighted by molar-refractivity contribution is -0.124. The Morgan fingerprint density at radius 3 is 2.90 bits per heavy atom. The average Bonchev–Trinajstić information content (AvgIpc) is 2.70. The topological polar surface area (TPSA) is 100 Å². The summed E-state index contributed by atoms with van der Waals surface area (Å²) in [5.41, 5.74) is 5.88. The maximum absolute atomic E-state index is 11.3. The van der Waals surface area contributed by atoms with Crippen LogP contribution >= 0.6 is 24.0 Å². The van der Waals surface area contributed by atoms with E-state index in [-0.39, 0.29) is 55.1 Å². The van der Waals surface area contributed by atoms with Gasteiger partial charge in [-0.25, -0.2) is 4.79 Å². The standard InChI is InChI=1S/C11H19N5O3.HI/c1-8-7-15(4-5-19-8)10(12)13-2-3-16-9(17)6-14-11(16)18;/h8H,2-7H2,1H3,(H2,12,13)(H,14,18);1H. The van der Waals surface area contributed by atoms with Crippen LogP contribution in [0.1, 0.15) is 6.92 Å². The Balaban J connectivity index is 0.00000200. The van der Waals surface area contributed by atoms with Gasteiger partial charge in [0.05, 0.1) is 32.3 Å². The van der Waals surface area contributed by atoms with Gasteiger partial charge in [-0.3, -0.25) is 14.7 Å². The maximum atomic E-state index is 11.3. The number of ether oxygens (including phenoxy) is 1. The number of carbonyl (C=O) groups excluding carboxylic acids is 2. The lowest BCUT2D eigenvalue weighted by Gasteiger charge is -2.31. The number of guanidine groups is 1. The second-order valence-corrected chi connectivity index (χ2v) is 4.57. The number of halogens is 1. The van der Waals surface area contributed by atoms with E-state index in [1.54, 1.807) is 0 Å². The quantitative estimate of drug-likeness (QED) is 0.281. The molecule has 0 aliphatic carbocycles. The van der Waals surface area contributed by atoms with Gasteiger partial charge in [0, 0.05) is 13.1 Å². The molecule has 1 atom stereocenters. The highest BCUT2D eigenvalue weighted by atomic mass is 127. The fourth-order valence-corrected chi connectivity index (χ4v) is 2.07. The number of nitrogens with one attached hydrogen (secondary N) is 1. The van der Waals surface area contributed by atoms with Crippen LogP contribution in [0.5, 0.6) is 0 Å². The van der Waals surface area contributed by atoms with E-state index in [4.69, 9.17) is 10.5 Å². The van der Waals surface area contributed by atoms with E-state index in [2.05, 4.69) is 10.3 Å². The summed E-state index contributed by atoms with van der Waals surface area (Å²) in [7, 11) is 0. The zero-order valence-corrected chi connectivity index (χ0v) is 13.7. The zero-order valence-electron chi connectivity index (χ0n) is 11.4. The van der Waals surface area contributed by atoms with Gasteiger partial charge in [0.25, 0.3) is 0 Å². The number of rotatable bonds is 3. The molecule has 3 amide bonds. The summed E-state index contributed by atoms with van der Waals surface area (Å²) >= 11 is 0. The summed E-state index contributed by atoms with van der Waals surface area (Å²) in [5, 5.41) is 2.46. The Bertz CT molecular complexity index is 388. The molecule has 2 rings (SSSR count). The first kappa shape index (κ1) is 17.0.